The number of aryl methyl sites for hydroxylation is 1. The van der Waals surface area contributed by atoms with Gasteiger partial charge in [-0.3, -0.25) is 10.3 Å². The molecule has 1 saturated carbocycles. The van der Waals surface area contributed by atoms with Gasteiger partial charge in [-0.2, -0.15) is 0 Å². The van der Waals surface area contributed by atoms with Crippen molar-refractivity contribution < 1.29 is 9.32 Å². The Labute approximate surface area is 217 Å². The molecule has 1 aromatic carbocycles. The SMILES string of the molecule is Cc1nc(Nc2cc(-c3cncs3)ccc2NC(=O)Nc2cc(C3CC3)on2)cc(N2CCNCC2)n1. The third kappa shape index (κ3) is 5.54. The second-order valence-electron chi connectivity index (χ2n) is 9.11. The molecule has 0 unspecified atom stereocenters. The van der Waals surface area contributed by atoms with Crippen molar-refractivity contribution in [3.8, 4) is 10.4 Å². The van der Waals surface area contributed by atoms with Gasteiger partial charge in [0.15, 0.2) is 5.82 Å². The highest BCUT2D eigenvalue weighted by molar-refractivity contribution is 7.13. The summed E-state index contributed by atoms with van der Waals surface area (Å²) in [4.78, 5) is 29.5. The molecule has 11 nitrogen and oxygen atoms in total. The van der Waals surface area contributed by atoms with E-state index < -0.39 is 6.03 Å². The molecule has 0 radical (unpaired) electrons. The van der Waals surface area contributed by atoms with E-state index in [9.17, 15) is 4.79 Å². The van der Waals surface area contributed by atoms with Crippen molar-refractivity contribution in [2.24, 2.45) is 0 Å². The van der Waals surface area contributed by atoms with Crippen LogP contribution >= 0.6 is 11.3 Å². The predicted molar refractivity (Wildman–Crippen MR) is 144 cm³/mol. The molecule has 2 amide bonds. The van der Waals surface area contributed by atoms with Gasteiger partial charge in [0.2, 0.25) is 0 Å². The first-order valence-electron chi connectivity index (χ1n) is 12.3. The Hall–Kier alpha value is -4.03. The van der Waals surface area contributed by atoms with Crippen molar-refractivity contribution >= 4 is 46.2 Å². The Morgan fingerprint density at radius 1 is 1.08 bits per heavy atom. The molecule has 1 saturated heterocycles. The number of aromatic nitrogens is 4. The first kappa shape index (κ1) is 23.4. The van der Waals surface area contributed by atoms with Crippen LogP contribution in [0.5, 0.6) is 0 Å². The Morgan fingerprint density at radius 3 is 2.73 bits per heavy atom. The molecule has 1 aliphatic heterocycles. The van der Waals surface area contributed by atoms with E-state index in [2.05, 4.69) is 46.3 Å². The summed E-state index contributed by atoms with van der Waals surface area (Å²) in [5.41, 5.74) is 4.07. The summed E-state index contributed by atoms with van der Waals surface area (Å²) < 4.78 is 5.34. The van der Waals surface area contributed by atoms with Crippen molar-refractivity contribution in [3.63, 3.8) is 0 Å². The highest BCUT2D eigenvalue weighted by atomic mass is 32.1. The minimum atomic E-state index is -0.412. The highest BCUT2D eigenvalue weighted by Gasteiger charge is 2.28. The van der Waals surface area contributed by atoms with Crippen molar-refractivity contribution in [2.45, 2.75) is 25.7 Å². The van der Waals surface area contributed by atoms with E-state index in [1.54, 1.807) is 22.9 Å². The maximum absolute atomic E-state index is 12.8. The second kappa shape index (κ2) is 10.1. The fraction of sp³-hybridized carbons (Fsp3) is 0.320. The van der Waals surface area contributed by atoms with Gasteiger partial charge in [-0.15, -0.1) is 11.3 Å². The molecule has 4 aromatic rings. The summed E-state index contributed by atoms with van der Waals surface area (Å²) >= 11 is 1.55. The Morgan fingerprint density at radius 2 is 1.95 bits per heavy atom. The predicted octanol–water partition coefficient (Wildman–Crippen LogP) is 4.57. The Balaban J connectivity index is 1.26. The van der Waals surface area contributed by atoms with Crippen LogP contribution in [0, 0.1) is 6.92 Å². The van der Waals surface area contributed by atoms with E-state index in [0.717, 1.165) is 61.0 Å². The summed E-state index contributed by atoms with van der Waals surface area (Å²) in [5.74, 6) is 3.81. The van der Waals surface area contributed by atoms with Crippen molar-refractivity contribution in [1.82, 2.24) is 25.4 Å². The normalized spacial score (nSPS) is 15.4. The fourth-order valence-electron chi connectivity index (χ4n) is 4.26. The van der Waals surface area contributed by atoms with Gasteiger partial charge < -0.3 is 25.4 Å². The van der Waals surface area contributed by atoms with Crippen LogP contribution in [0.4, 0.5) is 33.6 Å². The first-order chi connectivity index (χ1) is 18.1. The lowest BCUT2D eigenvalue weighted by Crippen LogP contribution is -2.44. The lowest BCUT2D eigenvalue weighted by Gasteiger charge is -2.28. The van der Waals surface area contributed by atoms with Gasteiger partial charge in [0.1, 0.15) is 23.2 Å². The molecule has 4 heterocycles. The van der Waals surface area contributed by atoms with E-state index in [-0.39, 0.29) is 0 Å². The maximum Gasteiger partial charge on any atom is 0.325 e. The lowest BCUT2D eigenvalue weighted by molar-refractivity contribution is 0.262. The number of hydrogen-bond donors (Lipinski definition) is 4. The number of hydrogen-bond acceptors (Lipinski definition) is 10. The largest absolute Gasteiger partial charge is 0.359 e. The monoisotopic (exact) mass is 517 g/mol. The molecule has 4 N–H and O–H groups in total. The molecule has 37 heavy (non-hydrogen) atoms. The summed E-state index contributed by atoms with van der Waals surface area (Å²) in [7, 11) is 0. The molecule has 0 atom stereocenters. The van der Waals surface area contributed by atoms with Crippen molar-refractivity contribution in [3.05, 3.63) is 53.6 Å². The molecule has 0 bridgehead atoms. The van der Waals surface area contributed by atoms with Crippen LogP contribution in [-0.2, 0) is 0 Å². The van der Waals surface area contributed by atoms with E-state index in [0.29, 0.717) is 34.8 Å². The van der Waals surface area contributed by atoms with Crippen LogP contribution in [0.15, 0.2) is 46.6 Å². The number of rotatable bonds is 7. The van der Waals surface area contributed by atoms with E-state index in [1.807, 2.05) is 37.4 Å². The molecule has 190 valence electrons. The highest BCUT2D eigenvalue weighted by Crippen LogP contribution is 2.40. The summed E-state index contributed by atoms with van der Waals surface area (Å²) in [6, 6.07) is 9.10. The number of benzene rings is 1. The van der Waals surface area contributed by atoms with Gasteiger partial charge in [0.05, 0.1) is 21.8 Å². The van der Waals surface area contributed by atoms with Crippen LogP contribution in [0.25, 0.3) is 10.4 Å². The number of nitrogens with one attached hydrogen (secondary N) is 4. The number of nitrogens with zero attached hydrogens (tertiary/aromatic N) is 5. The standard InChI is InChI=1S/C25H27N9O2S/c1-15-28-22(12-24(29-15)34-8-6-26-7-9-34)30-19-10-17(21-13-27-14-37-21)4-5-18(19)31-25(35)32-23-11-20(36-33-23)16-2-3-16/h4-5,10-14,16,26H,2-3,6-9H2,1H3,(H,28,29,30)(H2,31,32,33,35). The molecule has 12 heteroatoms. The number of carbonyl (C=O) groups excluding carboxylic acids is 1. The average molecular weight is 518 g/mol. The van der Waals surface area contributed by atoms with E-state index >= 15 is 0 Å². The molecule has 1 aliphatic carbocycles. The number of carbonyl (C=O) groups is 1. The number of piperazine rings is 1. The van der Waals surface area contributed by atoms with Gasteiger partial charge >= 0.3 is 6.03 Å². The zero-order valence-electron chi connectivity index (χ0n) is 20.3. The third-order valence-electron chi connectivity index (χ3n) is 6.26. The third-order valence-corrected chi connectivity index (χ3v) is 7.08. The molecular formula is C25H27N9O2S. The summed E-state index contributed by atoms with van der Waals surface area (Å²) in [5, 5.41) is 16.4. The summed E-state index contributed by atoms with van der Waals surface area (Å²) in [6.07, 6.45) is 4.02. The van der Waals surface area contributed by atoms with Crippen molar-refractivity contribution in [2.75, 3.05) is 47.0 Å². The maximum atomic E-state index is 12.8. The van der Waals surface area contributed by atoms with Gasteiger partial charge in [-0.25, -0.2) is 14.8 Å². The molecular weight excluding hydrogens is 490 g/mol. The number of urea groups is 1. The molecule has 2 fully saturated rings. The van der Waals surface area contributed by atoms with Gasteiger partial charge in [-0.05, 0) is 37.5 Å². The number of anilines is 5. The minimum absolute atomic E-state index is 0.391. The van der Waals surface area contributed by atoms with Crippen LogP contribution in [0.1, 0.15) is 30.3 Å². The smallest absolute Gasteiger partial charge is 0.325 e. The van der Waals surface area contributed by atoms with Crippen LogP contribution in [-0.4, -0.2) is 52.3 Å². The lowest BCUT2D eigenvalue weighted by atomic mass is 10.1. The second-order valence-corrected chi connectivity index (χ2v) is 10.0. The topological polar surface area (TPSA) is 133 Å². The summed E-state index contributed by atoms with van der Waals surface area (Å²) in [6.45, 7) is 5.48. The molecule has 6 rings (SSSR count). The van der Waals surface area contributed by atoms with Crippen molar-refractivity contribution in [1.29, 1.82) is 0 Å². The molecule has 0 spiro atoms. The Kier molecular flexibility index (Phi) is 6.41. The van der Waals surface area contributed by atoms with Gasteiger partial charge in [0, 0.05) is 50.4 Å². The van der Waals surface area contributed by atoms with Crippen LogP contribution in [0.3, 0.4) is 0 Å². The zero-order valence-corrected chi connectivity index (χ0v) is 21.1. The van der Waals surface area contributed by atoms with Crippen LogP contribution in [0.2, 0.25) is 0 Å². The Bertz CT molecular complexity index is 1400. The van der Waals surface area contributed by atoms with Gasteiger partial charge in [0.25, 0.3) is 0 Å². The first-order valence-corrected chi connectivity index (χ1v) is 13.1. The van der Waals surface area contributed by atoms with Crippen LogP contribution < -0.4 is 26.2 Å². The van der Waals surface area contributed by atoms with Gasteiger partial charge in [-0.1, -0.05) is 11.2 Å². The van der Waals surface area contributed by atoms with E-state index in [1.165, 1.54) is 0 Å². The zero-order chi connectivity index (χ0) is 25.2. The average Bonchev–Trinajstić information content (AvgIpc) is 3.39. The number of thiazole rings is 1. The molecule has 2 aliphatic rings. The minimum Gasteiger partial charge on any atom is -0.359 e. The molecule has 3 aromatic heterocycles. The van der Waals surface area contributed by atoms with E-state index in [4.69, 9.17) is 4.52 Å². The fourth-order valence-corrected chi connectivity index (χ4v) is 4.88. The number of amides is 2. The quantitative estimate of drug-likeness (QED) is 0.278.